The minimum atomic E-state index is -3.42. The first kappa shape index (κ1) is 25.1. The molecule has 0 radical (unpaired) electrons. The molecule has 2 aromatic carbocycles. The fraction of sp³-hybridized carbons (Fsp3) is 0.348. The van der Waals surface area contributed by atoms with E-state index in [0.717, 1.165) is 11.8 Å². The summed E-state index contributed by atoms with van der Waals surface area (Å²) in [5.74, 6) is -1.62. The predicted molar refractivity (Wildman–Crippen MR) is 122 cm³/mol. The van der Waals surface area contributed by atoms with Crippen LogP contribution in [0.5, 0.6) is 0 Å². The van der Waals surface area contributed by atoms with Crippen molar-refractivity contribution < 1.29 is 27.5 Å². The molecule has 0 spiro atoms. The average molecular weight is 461 g/mol. The van der Waals surface area contributed by atoms with Gasteiger partial charge in [-0.25, -0.2) is 8.42 Å². The molecule has 0 fully saturated rings. The molecule has 8 nitrogen and oxygen atoms in total. The summed E-state index contributed by atoms with van der Waals surface area (Å²) >= 11 is 0. The first-order valence-electron chi connectivity index (χ1n) is 9.96. The summed E-state index contributed by atoms with van der Waals surface area (Å²) < 4.78 is 29.9. The van der Waals surface area contributed by atoms with E-state index in [-0.39, 0.29) is 17.5 Å². The number of ether oxygens (including phenoxy) is 1. The van der Waals surface area contributed by atoms with Crippen LogP contribution in [0.2, 0.25) is 0 Å². The van der Waals surface area contributed by atoms with E-state index in [1.54, 1.807) is 12.1 Å². The fourth-order valence-electron chi connectivity index (χ4n) is 2.82. The number of nitrogens with one attached hydrogen (secondary N) is 2. The summed E-state index contributed by atoms with van der Waals surface area (Å²) in [5, 5.41) is 2.48. The number of hydrogen-bond donors (Lipinski definition) is 2. The van der Waals surface area contributed by atoms with Crippen LogP contribution in [0, 0.1) is 0 Å². The van der Waals surface area contributed by atoms with Crippen molar-refractivity contribution in [1.29, 1.82) is 0 Å². The van der Waals surface area contributed by atoms with Gasteiger partial charge in [-0.15, -0.1) is 0 Å². The number of Topliss-reactive ketones (excluding diaryl/α,β-unsaturated/α-hetero) is 1. The van der Waals surface area contributed by atoms with E-state index in [9.17, 15) is 22.8 Å². The molecule has 172 valence electrons. The summed E-state index contributed by atoms with van der Waals surface area (Å²) in [7, 11) is -3.42. The van der Waals surface area contributed by atoms with E-state index >= 15 is 0 Å². The Kier molecular flexibility index (Phi) is 7.79. The molecule has 9 heteroatoms. The van der Waals surface area contributed by atoms with Crippen molar-refractivity contribution in [2.45, 2.75) is 39.2 Å². The van der Waals surface area contributed by atoms with Gasteiger partial charge in [0.25, 0.3) is 5.91 Å². The van der Waals surface area contributed by atoms with Gasteiger partial charge in [0.2, 0.25) is 15.8 Å². The highest BCUT2D eigenvalue weighted by Gasteiger charge is 2.20. The Balaban J connectivity index is 1.88. The zero-order chi connectivity index (χ0) is 24.1. The molecule has 0 saturated heterocycles. The van der Waals surface area contributed by atoms with Gasteiger partial charge in [-0.3, -0.25) is 19.1 Å². The number of sulfonamides is 1. The van der Waals surface area contributed by atoms with Gasteiger partial charge in [0, 0.05) is 16.8 Å². The maximum atomic E-state index is 12.4. The molecule has 0 aliphatic heterocycles. The van der Waals surface area contributed by atoms with Crippen LogP contribution in [0.4, 0.5) is 5.69 Å². The van der Waals surface area contributed by atoms with E-state index in [0.29, 0.717) is 11.3 Å². The third-order valence-corrected chi connectivity index (χ3v) is 5.16. The largest absolute Gasteiger partial charge is 0.453 e. The van der Waals surface area contributed by atoms with Crippen molar-refractivity contribution in [2.75, 3.05) is 17.5 Å². The summed E-state index contributed by atoms with van der Waals surface area (Å²) in [6.45, 7) is 7.26. The summed E-state index contributed by atoms with van der Waals surface area (Å²) in [6, 6.07) is 12.9. The highest BCUT2D eigenvalue weighted by molar-refractivity contribution is 7.92. The van der Waals surface area contributed by atoms with Gasteiger partial charge >= 0.3 is 5.97 Å². The minimum absolute atomic E-state index is 0.0357. The monoisotopic (exact) mass is 460 g/mol. The van der Waals surface area contributed by atoms with Crippen LogP contribution in [-0.2, 0) is 25.0 Å². The summed E-state index contributed by atoms with van der Waals surface area (Å²) in [4.78, 5) is 36.7. The SMILES string of the molecule is CC(OC(=O)CNC(=O)c1ccc(C(C)(C)C)cc1)C(=O)c1ccc(NS(C)(=O)=O)cc1. The Bertz CT molecular complexity index is 1080. The van der Waals surface area contributed by atoms with Gasteiger partial charge in [-0.1, -0.05) is 32.9 Å². The molecule has 0 aromatic heterocycles. The Hall–Kier alpha value is -3.20. The number of hydrogen-bond acceptors (Lipinski definition) is 6. The van der Waals surface area contributed by atoms with E-state index in [1.165, 1.54) is 31.2 Å². The van der Waals surface area contributed by atoms with Crippen molar-refractivity contribution in [3.05, 3.63) is 65.2 Å². The second-order valence-corrected chi connectivity index (χ2v) is 10.2. The lowest BCUT2D eigenvalue weighted by atomic mass is 9.87. The van der Waals surface area contributed by atoms with Crippen molar-refractivity contribution in [3.8, 4) is 0 Å². The van der Waals surface area contributed by atoms with Crippen LogP contribution in [0.25, 0.3) is 0 Å². The number of esters is 1. The van der Waals surface area contributed by atoms with E-state index in [1.807, 2.05) is 12.1 Å². The number of carbonyl (C=O) groups is 3. The van der Waals surface area contributed by atoms with Gasteiger partial charge in [0.15, 0.2) is 6.10 Å². The zero-order valence-corrected chi connectivity index (χ0v) is 19.6. The average Bonchev–Trinajstić information content (AvgIpc) is 2.70. The molecule has 2 aromatic rings. The van der Waals surface area contributed by atoms with Crippen molar-refractivity contribution in [1.82, 2.24) is 5.32 Å². The lowest BCUT2D eigenvalue weighted by Crippen LogP contribution is -2.34. The van der Waals surface area contributed by atoms with Crippen molar-refractivity contribution >= 4 is 33.4 Å². The van der Waals surface area contributed by atoms with Gasteiger partial charge in [0.1, 0.15) is 6.54 Å². The second kappa shape index (κ2) is 9.95. The molecule has 0 aliphatic carbocycles. The maximum Gasteiger partial charge on any atom is 0.326 e. The van der Waals surface area contributed by atoms with Gasteiger partial charge in [-0.05, 0) is 54.3 Å². The summed E-state index contributed by atoms with van der Waals surface area (Å²) in [6.07, 6.45) is -0.0491. The molecule has 2 N–H and O–H groups in total. The van der Waals surface area contributed by atoms with E-state index < -0.39 is 33.8 Å². The standard InChI is InChI=1S/C23H28N2O6S/c1-15(21(27)16-8-12-19(13-9-16)25-32(5,29)30)31-20(26)14-24-22(28)17-6-10-18(11-7-17)23(2,3)4/h6-13,15,25H,14H2,1-5H3,(H,24,28). The number of benzene rings is 2. The number of carbonyl (C=O) groups excluding carboxylic acids is 3. The first-order valence-corrected chi connectivity index (χ1v) is 11.9. The smallest absolute Gasteiger partial charge is 0.326 e. The summed E-state index contributed by atoms with van der Waals surface area (Å²) in [5.41, 5.74) is 2.03. The number of rotatable bonds is 8. The number of anilines is 1. The van der Waals surface area contributed by atoms with Crippen LogP contribution >= 0.6 is 0 Å². The molecule has 1 atom stereocenters. The van der Waals surface area contributed by atoms with Crippen LogP contribution in [0.15, 0.2) is 48.5 Å². The van der Waals surface area contributed by atoms with E-state index in [4.69, 9.17) is 4.74 Å². The molecule has 0 bridgehead atoms. The topological polar surface area (TPSA) is 119 Å². The molecule has 1 amide bonds. The third kappa shape index (κ3) is 7.49. The van der Waals surface area contributed by atoms with E-state index in [2.05, 4.69) is 30.8 Å². The second-order valence-electron chi connectivity index (χ2n) is 8.46. The lowest BCUT2D eigenvalue weighted by Gasteiger charge is -2.19. The van der Waals surface area contributed by atoms with Crippen molar-refractivity contribution in [3.63, 3.8) is 0 Å². The molecule has 0 saturated carbocycles. The highest BCUT2D eigenvalue weighted by Crippen LogP contribution is 2.22. The highest BCUT2D eigenvalue weighted by atomic mass is 32.2. The zero-order valence-electron chi connectivity index (χ0n) is 18.8. The lowest BCUT2D eigenvalue weighted by molar-refractivity contribution is -0.145. The molecule has 1 unspecified atom stereocenters. The van der Waals surface area contributed by atoms with Gasteiger partial charge in [0.05, 0.1) is 6.26 Å². The van der Waals surface area contributed by atoms with Crippen LogP contribution < -0.4 is 10.0 Å². The number of ketones is 1. The molecule has 32 heavy (non-hydrogen) atoms. The van der Waals surface area contributed by atoms with Crippen molar-refractivity contribution in [2.24, 2.45) is 0 Å². The number of amides is 1. The third-order valence-electron chi connectivity index (χ3n) is 4.56. The molecular weight excluding hydrogens is 432 g/mol. The van der Waals surface area contributed by atoms with Crippen LogP contribution in [0.1, 0.15) is 54.0 Å². The predicted octanol–water partition coefficient (Wildman–Crippen LogP) is 2.90. The fourth-order valence-corrected chi connectivity index (χ4v) is 3.38. The van der Waals surface area contributed by atoms with Gasteiger partial charge in [-0.2, -0.15) is 0 Å². The Morgan fingerprint density at radius 3 is 1.97 bits per heavy atom. The quantitative estimate of drug-likeness (QED) is 0.462. The molecule has 2 rings (SSSR count). The normalized spacial score (nSPS) is 12.5. The molecular formula is C23H28N2O6S. The Morgan fingerprint density at radius 2 is 1.47 bits per heavy atom. The molecule has 0 aliphatic rings. The first-order chi connectivity index (χ1) is 14.8. The van der Waals surface area contributed by atoms with Crippen LogP contribution in [0.3, 0.4) is 0 Å². The minimum Gasteiger partial charge on any atom is -0.453 e. The van der Waals surface area contributed by atoms with Crippen LogP contribution in [-0.4, -0.2) is 45.0 Å². The maximum absolute atomic E-state index is 12.4. The molecule has 0 heterocycles. The van der Waals surface area contributed by atoms with Gasteiger partial charge < -0.3 is 10.1 Å². The Labute approximate surface area is 188 Å². The Morgan fingerprint density at radius 1 is 0.938 bits per heavy atom.